The summed E-state index contributed by atoms with van der Waals surface area (Å²) in [6.45, 7) is 4.79. The molecule has 1 atom stereocenters. The van der Waals surface area contributed by atoms with Crippen molar-refractivity contribution in [2.75, 3.05) is 27.2 Å². The fourth-order valence-electron chi connectivity index (χ4n) is 3.51. The zero-order valence-corrected chi connectivity index (χ0v) is 15.5. The molecule has 0 radical (unpaired) electrons. The third-order valence-corrected chi connectivity index (χ3v) is 5.06. The molecule has 9 heteroatoms. The van der Waals surface area contributed by atoms with Crippen LogP contribution in [-0.4, -0.2) is 82.9 Å². The van der Waals surface area contributed by atoms with Gasteiger partial charge in [-0.15, -0.1) is 0 Å². The number of carbonyl (C=O) groups is 3. The number of aryl methyl sites for hydroxylation is 2. The van der Waals surface area contributed by atoms with Gasteiger partial charge in [0.15, 0.2) is 6.04 Å². The molecule has 1 aromatic rings. The average Bonchev–Trinajstić information content (AvgIpc) is 2.95. The smallest absolute Gasteiger partial charge is 0.361 e. The number of nitrogens with one attached hydrogen (secondary N) is 1. The monoisotopic (exact) mass is 362 g/mol. The lowest BCUT2D eigenvalue weighted by molar-refractivity contribution is -0.401. The SMILES string of the molecule is Cc1noc(C)c1C(=O)NC1CCN(C2C=[N+](C)C(=O)N(C)C2=O)CC1. The molecule has 0 spiro atoms. The van der Waals surface area contributed by atoms with E-state index in [4.69, 9.17) is 4.52 Å². The molecule has 0 aromatic carbocycles. The third kappa shape index (κ3) is 3.26. The van der Waals surface area contributed by atoms with Crippen molar-refractivity contribution in [1.82, 2.24) is 20.3 Å². The number of hydrogen-bond donors (Lipinski definition) is 1. The van der Waals surface area contributed by atoms with Crippen LogP contribution in [0, 0.1) is 13.8 Å². The lowest BCUT2D eigenvalue weighted by Gasteiger charge is -2.36. The summed E-state index contributed by atoms with van der Waals surface area (Å²) in [7, 11) is 3.15. The summed E-state index contributed by atoms with van der Waals surface area (Å²) in [6, 6.07) is -0.738. The molecule has 140 valence electrons. The Morgan fingerprint density at radius 1 is 1.31 bits per heavy atom. The Labute approximate surface area is 151 Å². The second-order valence-electron chi connectivity index (χ2n) is 6.87. The minimum absolute atomic E-state index is 0.0308. The van der Waals surface area contributed by atoms with Crippen molar-refractivity contribution in [1.29, 1.82) is 0 Å². The second-order valence-corrected chi connectivity index (χ2v) is 6.87. The van der Waals surface area contributed by atoms with Crippen molar-refractivity contribution in [3.05, 3.63) is 17.0 Å². The van der Waals surface area contributed by atoms with Crippen molar-refractivity contribution < 1.29 is 23.5 Å². The minimum atomic E-state index is -0.443. The van der Waals surface area contributed by atoms with E-state index in [9.17, 15) is 14.4 Å². The van der Waals surface area contributed by atoms with Gasteiger partial charge in [0.1, 0.15) is 17.5 Å². The summed E-state index contributed by atoms with van der Waals surface area (Å²) in [5, 5.41) is 6.84. The highest BCUT2D eigenvalue weighted by atomic mass is 16.5. The minimum Gasteiger partial charge on any atom is -0.361 e. The Morgan fingerprint density at radius 3 is 2.54 bits per heavy atom. The topological polar surface area (TPSA) is 98.8 Å². The summed E-state index contributed by atoms with van der Waals surface area (Å²) in [5.74, 6) is 0.118. The largest absolute Gasteiger partial charge is 0.500 e. The van der Waals surface area contributed by atoms with Gasteiger partial charge in [-0.05, 0) is 26.7 Å². The first-order valence-electron chi connectivity index (χ1n) is 8.66. The molecule has 1 aromatic heterocycles. The number of urea groups is 1. The Morgan fingerprint density at radius 2 is 1.96 bits per heavy atom. The predicted molar refractivity (Wildman–Crippen MR) is 92.2 cm³/mol. The lowest BCUT2D eigenvalue weighted by Crippen LogP contribution is -2.59. The Balaban J connectivity index is 1.60. The molecular weight excluding hydrogens is 338 g/mol. The Hall–Kier alpha value is -2.55. The molecular formula is C17H24N5O4+. The van der Waals surface area contributed by atoms with Crippen LogP contribution < -0.4 is 5.32 Å². The van der Waals surface area contributed by atoms with Gasteiger partial charge in [-0.1, -0.05) is 5.16 Å². The molecule has 0 aliphatic carbocycles. The van der Waals surface area contributed by atoms with E-state index in [1.165, 1.54) is 11.6 Å². The highest BCUT2D eigenvalue weighted by molar-refractivity contribution is 6.06. The van der Waals surface area contributed by atoms with Crippen LogP contribution in [0.15, 0.2) is 4.52 Å². The van der Waals surface area contributed by atoms with Gasteiger partial charge in [0.25, 0.3) is 5.91 Å². The molecule has 9 nitrogen and oxygen atoms in total. The zero-order valence-electron chi connectivity index (χ0n) is 15.5. The van der Waals surface area contributed by atoms with Crippen LogP contribution in [0.2, 0.25) is 0 Å². The standard InChI is InChI=1S/C17H23N5O4/c1-10-14(11(2)26-19-10)15(23)18-12-5-7-22(8-6-12)13-9-20(3)17(25)21(4)16(13)24/h9,12-13H,5-8H2,1-4H3/p+1. The summed E-state index contributed by atoms with van der Waals surface area (Å²) in [4.78, 5) is 39.8. The van der Waals surface area contributed by atoms with Crippen LogP contribution in [0.1, 0.15) is 34.7 Å². The number of piperidine rings is 1. The third-order valence-electron chi connectivity index (χ3n) is 5.06. The number of likely N-dealkylation sites (tertiary alicyclic amines) is 1. The van der Waals surface area contributed by atoms with Crippen LogP contribution >= 0.6 is 0 Å². The van der Waals surface area contributed by atoms with Crippen LogP contribution in [0.3, 0.4) is 0 Å². The van der Waals surface area contributed by atoms with E-state index >= 15 is 0 Å². The van der Waals surface area contributed by atoms with E-state index in [0.29, 0.717) is 30.1 Å². The first kappa shape index (κ1) is 18.2. The number of carbonyl (C=O) groups excluding carboxylic acids is 3. The van der Waals surface area contributed by atoms with Gasteiger partial charge >= 0.3 is 11.9 Å². The molecule has 0 saturated carbocycles. The first-order chi connectivity index (χ1) is 12.3. The summed E-state index contributed by atoms with van der Waals surface area (Å²) < 4.78 is 6.49. The van der Waals surface area contributed by atoms with Gasteiger partial charge < -0.3 is 9.84 Å². The number of nitrogens with zero attached hydrogens (tertiary/aromatic N) is 4. The van der Waals surface area contributed by atoms with Crippen molar-refractivity contribution in [2.24, 2.45) is 0 Å². The summed E-state index contributed by atoms with van der Waals surface area (Å²) in [5.41, 5.74) is 1.07. The molecule has 4 amide bonds. The van der Waals surface area contributed by atoms with Gasteiger partial charge in [-0.25, -0.2) is 9.37 Å². The van der Waals surface area contributed by atoms with Crippen molar-refractivity contribution in [3.63, 3.8) is 0 Å². The molecule has 1 fully saturated rings. The molecule has 26 heavy (non-hydrogen) atoms. The highest BCUT2D eigenvalue weighted by Crippen LogP contribution is 2.18. The van der Waals surface area contributed by atoms with E-state index in [1.807, 2.05) is 4.90 Å². The maximum absolute atomic E-state index is 12.4. The lowest BCUT2D eigenvalue weighted by atomic mass is 10.0. The number of aromatic nitrogens is 1. The quantitative estimate of drug-likeness (QED) is 0.769. The number of rotatable bonds is 3. The molecule has 2 aliphatic rings. The van der Waals surface area contributed by atoms with Gasteiger partial charge in [0.05, 0.1) is 19.8 Å². The van der Waals surface area contributed by atoms with E-state index < -0.39 is 6.04 Å². The Bertz CT molecular complexity index is 757. The zero-order chi connectivity index (χ0) is 19.0. The number of amides is 4. The summed E-state index contributed by atoms with van der Waals surface area (Å²) >= 11 is 0. The van der Waals surface area contributed by atoms with E-state index in [2.05, 4.69) is 10.5 Å². The fourth-order valence-corrected chi connectivity index (χ4v) is 3.51. The van der Waals surface area contributed by atoms with Gasteiger partial charge in [0, 0.05) is 19.1 Å². The number of likely N-dealkylation sites (N-methyl/N-ethyl adjacent to an activating group) is 1. The number of hydrogen-bond acceptors (Lipinski definition) is 6. The molecule has 3 heterocycles. The van der Waals surface area contributed by atoms with Crippen LogP contribution in [0.5, 0.6) is 0 Å². The Kier molecular flexibility index (Phi) is 4.90. The molecule has 1 saturated heterocycles. The molecule has 0 bridgehead atoms. The van der Waals surface area contributed by atoms with E-state index in [1.54, 1.807) is 27.1 Å². The van der Waals surface area contributed by atoms with Crippen molar-refractivity contribution in [3.8, 4) is 0 Å². The highest BCUT2D eigenvalue weighted by Gasteiger charge is 2.42. The maximum Gasteiger partial charge on any atom is 0.500 e. The van der Waals surface area contributed by atoms with Crippen molar-refractivity contribution >= 4 is 24.1 Å². The average molecular weight is 362 g/mol. The molecule has 1 unspecified atom stereocenters. The van der Waals surface area contributed by atoms with E-state index in [0.717, 1.165) is 17.7 Å². The van der Waals surface area contributed by atoms with Crippen LogP contribution in [0.4, 0.5) is 4.79 Å². The second kappa shape index (κ2) is 6.99. The summed E-state index contributed by atoms with van der Waals surface area (Å²) in [6.07, 6.45) is 3.12. The molecule has 3 rings (SSSR count). The van der Waals surface area contributed by atoms with Gasteiger partial charge in [-0.3, -0.25) is 9.69 Å². The molecule has 2 aliphatic heterocycles. The number of imide groups is 1. The van der Waals surface area contributed by atoms with E-state index in [-0.39, 0.29) is 23.9 Å². The van der Waals surface area contributed by atoms with Gasteiger partial charge in [0.2, 0.25) is 0 Å². The molecule has 1 N–H and O–H groups in total. The normalized spacial score (nSPS) is 22.5. The van der Waals surface area contributed by atoms with Crippen LogP contribution in [-0.2, 0) is 4.79 Å². The maximum atomic E-state index is 12.4. The fraction of sp³-hybridized carbons (Fsp3) is 0.588. The van der Waals surface area contributed by atoms with Crippen molar-refractivity contribution in [2.45, 2.75) is 38.8 Å². The predicted octanol–water partition coefficient (Wildman–Crippen LogP) is 0.159. The van der Waals surface area contributed by atoms with Crippen LogP contribution in [0.25, 0.3) is 0 Å². The van der Waals surface area contributed by atoms with Gasteiger partial charge in [-0.2, -0.15) is 9.69 Å². The first-order valence-corrected chi connectivity index (χ1v) is 8.66.